The molecule has 0 fully saturated rings. The van der Waals surface area contributed by atoms with Crippen molar-refractivity contribution >= 4 is 40.9 Å². The highest BCUT2D eigenvalue weighted by Crippen LogP contribution is 1.95. The maximum absolute atomic E-state index is 9.09. The van der Waals surface area contributed by atoms with Gasteiger partial charge >= 0.3 is 0 Å². The van der Waals surface area contributed by atoms with Gasteiger partial charge < -0.3 is 21.9 Å². The lowest BCUT2D eigenvalue weighted by atomic mass is 10.3. The molecule has 6 N–H and O–H groups in total. The first-order chi connectivity index (χ1) is 7.40. The van der Waals surface area contributed by atoms with Crippen molar-refractivity contribution in [2.45, 2.75) is 0 Å². The fraction of sp³-hybridized carbons (Fsp3) is 0.111. The molecule has 0 heterocycles. The van der Waals surface area contributed by atoms with E-state index >= 15 is 0 Å². The summed E-state index contributed by atoms with van der Waals surface area (Å²) in [4.78, 5) is 9.09. The third-order valence-corrected chi connectivity index (χ3v) is 1.17. The zero-order chi connectivity index (χ0) is 13.0. The van der Waals surface area contributed by atoms with E-state index in [4.69, 9.17) is 16.3 Å². The van der Waals surface area contributed by atoms with Crippen LogP contribution in [0.5, 0.6) is 0 Å². The maximum Gasteiger partial charge on any atom is 0.273 e. The fourth-order valence-electron chi connectivity index (χ4n) is 0.453. The second-order valence-electron chi connectivity index (χ2n) is 2.27. The Morgan fingerprint density at radius 2 is 1.62 bits per heavy atom. The van der Waals surface area contributed by atoms with E-state index in [0.717, 1.165) is 5.69 Å². The molecule has 1 amide bonds. The number of benzene rings is 1. The van der Waals surface area contributed by atoms with E-state index in [1.165, 1.54) is 7.11 Å². The summed E-state index contributed by atoms with van der Waals surface area (Å²) in [6, 6.07) is 9.49. The van der Waals surface area contributed by atoms with Crippen LogP contribution in [0.15, 0.2) is 30.3 Å². The Morgan fingerprint density at radius 1 is 1.31 bits per heavy atom. The van der Waals surface area contributed by atoms with Crippen molar-refractivity contribution in [3.8, 4) is 0 Å². The molecule has 0 aliphatic rings. The minimum Gasteiger partial charge on any atom is -0.475 e. The molecule has 0 atom stereocenters. The molecule has 0 aliphatic heterocycles. The monoisotopic (exact) mass is 261 g/mol. The summed E-state index contributed by atoms with van der Waals surface area (Å²) in [5, 5.41) is -0.551. The number of thiocarbonyl (C=S) groups is 1. The van der Waals surface area contributed by atoms with Crippen molar-refractivity contribution in [1.82, 2.24) is 0 Å². The van der Waals surface area contributed by atoms with E-state index < -0.39 is 5.24 Å². The molecule has 0 radical (unpaired) electrons. The third kappa shape index (κ3) is 22.9. The van der Waals surface area contributed by atoms with Crippen LogP contribution in [-0.2, 0) is 4.74 Å². The number of thiol groups is 1. The Bertz CT molecular complexity index is 303. The highest BCUT2D eigenvalue weighted by atomic mass is 32.1. The number of carbonyl (C=O) groups excluding carboxylic acids is 1. The molecule has 16 heavy (non-hydrogen) atoms. The quantitative estimate of drug-likeness (QED) is 0.318. The smallest absolute Gasteiger partial charge is 0.273 e. The molecular formula is C9H15N3O2S2. The van der Waals surface area contributed by atoms with Crippen LogP contribution in [0.3, 0.4) is 0 Å². The number of amides is 1. The summed E-state index contributed by atoms with van der Waals surface area (Å²) in [6.07, 6.45) is 0. The van der Waals surface area contributed by atoms with E-state index in [1.807, 2.05) is 30.3 Å². The number of primary amides is 1. The van der Waals surface area contributed by atoms with Gasteiger partial charge in [-0.2, -0.15) is 0 Å². The molecule has 5 nitrogen and oxygen atoms in total. The predicted molar refractivity (Wildman–Crippen MR) is 73.2 cm³/mol. The molecule has 1 aromatic rings. The first kappa shape index (κ1) is 16.9. The highest BCUT2D eigenvalue weighted by molar-refractivity contribution is 7.96. The zero-order valence-corrected chi connectivity index (χ0v) is 10.5. The Morgan fingerprint density at radius 3 is 1.75 bits per heavy atom. The van der Waals surface area contributed by atoms with Crippen molar-refractivity contribution in [3.05, 3.63) is 30.3 Å². The molecule has 0 aliphatic carbocycles. The van der Waals surface area contributed by atoms with E-state index in [2.05, 4.69) is 35.3 Å². The Hall–Kier alpha value is -1.47. The summed E-state index contributed by atoms with van der Waals surface area (Å²) < 4.78 is 4.26. The molecular weight excluding hydrogens is 246 g/mol. The minimum absolute atomic E-state index is 0.0880. The molecule has 0 saturated heterocycles. The molecule has 0 aromatic heterocycles. The highest BCUT2D eigenvalue weighted by Gasteiger charge is 1.72. The van der Waals surface area contributed by atoms with Gasteiger partial charge in [0, 0.05) is 5.69 Å². The van der Waals surface area contributed by atoms with Gasteiger partial charge in [0.05, 0.1) is 7.11 Å². The Kier molecular flexibility index (Phi) is 12.3. The van der Waals surface area contributed by atoms with Crippen LogP contribution in [0.1, 0.15) is 0 Å². The lowest BCUT2D eigenvalue weighted by Crippen LogP contribution is -2.08. The van der Waals surface area contributed by atoms with Crippen LogP contribution in [-0.4, -0.2) is 17.5 Å². The van der Waals surface area contributed by atoms with Gasteiger partial charge in [0.25, 0.3) is 10.4 Å². The number of para-hydroxylation sites is 1. The average molecular weight is 261 g/mol. The number of carbonyl (C=O) groups is 1. The number of hydrogen-bond acceptors (Lipinski definition) is 4. The van der Waals surface area contributed by atoms with Crippen molar-refractivity contribution in [1.29, 1.82) is 0 Å². The molecule has 7 heteroatoms. The molecule has 0 saturated carbocycles. The minimum atomic E-state index is -0.639. The fourth-order valence-corrected chi connectivity index (χ4v) is 0.453. The number of nitrogens with two attached hydrogens (primary N) is 3. The molecule has 0 bridgehead atoms. The van der Waals surface area contributed by atoms with Crippen molar-refractivity contribution in [2.75, 3.05) is 12.8 Å². The van der Waals surface area contributed by atoms with Gasteiger partial charge in [0.1, 0.15) is 0 Å². The van der Waals surface area contributed by atoms with Crippen LogP contribution in [0.2, 0.25) is 0 Å². The summed E-state index contributed by atoms with van der Waals surface area (Å²) >= 11 is 7.36. The number of hydrogen-bond donors (Lipinski definition) is 4. The Balaban J connectivity index is 0. The lowest BCUT2D eigenvalue weighted by Gasteiger charge is -1.85. The standard InChI is InChI=1S/C6H7N.C2H5NOS.CH3NOS/c7-6-4-2-1-3-5-6;1-4-2(3)5;2-1(3)4/h1-5H,7H2;1H3,(H2,3,5);(H3,2,3,4). The van der Waals surface area contributed by atoms with Crippen LogP contribution in [0.4, 0.5) is 10.5 Å². The predicted octanol–water partition coefficient (Wildman–Crippen LogP) is 1.14. The number of ether oxygens (including phenoxy) is 1. The van der Waals surface area contributed by atoms with Crippen LogP contribution in [0, 0.1) is 0 Å². The summed E-state index contributed by atoms with van der Waals surface area (Å²) in [7, 11) is 1.43. The second-order valence-corrected chi connectivity index (χ2v) is 3.12. The first-order valence-corrected chi connectivity index (χ1v) is 4.88. The average Bonchev–Trinajstić information content (AvgIpc) is 2.19. The van der Waals surface area contributed by atoms with Gasteiger partial charge in [-0.15, -0.1) is 0 Å². The van der Waals surface area contributed by atoms with E-state index in [-0.39, 0.29) is 5.17 Å². The Labute approximate surface area is 105 Å². The molecule has 1 aromatic carbocycles. The van der Waals surface area contributed by atoms with Crippen LogP contribution >= 0.6 is 24.8 Å². The van der Waals surface area contributed by atoms with Crippen molar-refractivity contribution < 1.29 is 9.53 Å². The van der Waals surface area contributed by atoms with E-state index in [9.17, 15) is 0 Å². The maximum atomic E-state index is 9.09. The molecule has 90 valence electrons. The summed E-state index contributed by atoms with van der Waals surface area (Å²) in [6.45, 7) is 0. The second kappa shape index (κ2) is 11.6. The normalized spacial score (nSPS) is 7.38. The van der Waals surface area contributed by atoms with Gasteiger partial charge in [0.15, 0.2) is 0 Å². The summed E-state index contributed by atoms with van der Waals surface area (Å²) in [5.74, 6) is 0. The zero-order valence-electron chi connectivity index (χ0n) is 8.79. The van der Waals surface area contributed by atoms with Crippen LogP contribution < -0.4 is 17.2 Å². The SMILES string of the molecule is COC(N)=S.NC(=O)S.Nc1ccccc1. The lowest BCUT2D eigenvalue weighted by molar-refractivity contribution is 0.267. The number of methoxy groups -OCH3 is 1. The largest absolute Gasteiger partial charge is 0.475 e. The van der Waals surface area contributed by atoms with Crippen molar-refractivity contribution in [2.24, 2.45) is 11.5 Å². The number of anilines is 1. The van der Waals surface area contributed by atoms with Gasteiger partial charge in [-0.25, -0.2) is 0 Å². The van der Waals surface area contributed by atoms with Gasteiger partial charge in [-0.05, 0) is 24.4 Å². The number of nitrogen functional groups attached to an aromatic ring is 1. The number of rotatable bonds is 0. The molecule has 0 unspecified atom stereocenters. The van der Waals surface area contributed by atoms with Crippen LogP contribution in [0.25, 0.3) is 0 Å². The van der Waals surface area contributed by atoms with Crippen molar-refractivity contribution in [3.63, 3.8) is 0 Å². The van der Waals surface area contributed by atoms with Gasteiger partial charge in [-0.3, -0.25) is 4.79 Å². The van der Waals surface area contributed by atoms with Gasteiger partial charge in [-0.1, -0.05) is 30.8 Å². The molecule has 0 spiro atoms. The topological polar surface area (TPSA) is 104 Å². The first-order valence-electron chi connectivity index (χ1n) is 4.02. The van der Waals surface area contributed by atoms with E-state index in [0.29, 0.717) is 0 Å². The summed E-state index contributed by atoms with van der Waals surface area (Å²) in [5.41, 5.74) is 15.3. The molecule has 1 rings (SSSR count). The van der Waals surface area contributed by atoms with Gasteiger partial charge in [0.2, 0.25) is 0 Å². The third-order valence-electron chi connectivity index (χ3n) is 1.00. The van der Waals surface area contributed by atoms with E-state index in [1.54, 1.807) is 0 Å².